The van der Waals surface area contributed by atoms with E-state index in [1.807, 2.05) is 6.92 Å². The van der Waals surface area contributed by atoms with Gasteiger partial charge in [-0.2, -0.15) is 0 Å². The van der Waals surface area contributed by atoms with Gasteiger partial charge in [0.05, 0.1) is 6.54 Å². The van der Waals surface area contributed by atoms with Crippen LogP contribution in [0.5, 0.6) is 0 Å². The maximum atomic E-state index is 13.0. The Labute approximate surface area is 121 Å². The van der Waals surface area contributed by atoms with Gasteiger partial charge in [0.25, 0.3) is 0 Å². The first-order chi connectivity index (χ1) is 9.51. The summed E-state index contributed by atoms with van der Waals surface area (Å²) in [4.78, 5) is 25.3. The van der Waals surface area contributed by atoms with Crippen LogP contribution < -0.4 is 5.32 Å². The van der Waals surface area contributed by atoms with Crippen molar-refractivity contribution < 1.29 is 14.0 Å². The van der Waals surface area contributed by atoms with Crippen LogP contribution >= 0.6 is 11.6 Å². The molecule has 1 heterocycles. The average molecular weight is 299 g/mol. The van der Waals surface area contributed by atoms with Crippen LogP contribution in [0.3, 0.4) is 0 Å². The highest BCUT2D eigenvalue weighted by atomic mass is 35.5. The molecular weight excluding hydrogens is 283 g/mol. The maximum Gasteiger partial charge on any atom is 0.245 e. The molecule has 4 nitrogen and oxygen atoms in total. The summed E-state index contributed by atoms with van der Waals surface area (Å²) in [6.45, 7) is 2.17. The standard InChI is InChI=1S/C14H16ClFN2O2/c1-2-3-12-14(20)18(8-13(19)17-12)7-9-4-5-10(16)6-11(9)15/h4-6,12H,2-3,7-8H2,1H3,(H,17,19). The van der Waals surface area contributed by atoms with Gasteiger partial charge in [0.15, 0.2) is 0 Å². The Morgan fingerprint density at radius 1 is 1.45 bits per heavy atom. The summed E-state index contributed by atoms with van der Waals surface area (Å²) >= 11 is 5.95. The molecule has 1 aromatic rings. The summed E-state index contributed by atoms with van der Waals surface area (Å²) in [6, 6.07) is 3.56. The lowest BCUT2D eigenvalue weighted by atomic mass is 10.1. The van der Waals surface area contributed by atoms with E-state index < -0.39 is 11.9 Å². The number of hydrogen-bond donors (Lipinski definition) is 1. The summed E-state index contributed by atoms with van der Waals surface area (Å²) < 4.78 is 13.0. The fourth-order valence-electron chi connectivity index (χ4n) is 2.25. The van der Waals surface area contributed by atoms with Crippen LogP contribution in [0.1, 0.15) is 25.3 Å². The molecule has 1 unspecified atom stereocenters. The monoisotopic (exact) mass is 298 g/mol. The summed E-state index contributed by atoms with van der Waals surface area (Å²) in [7, 11) is 0. The average Bonchev–Trinajstić information content (AvgIpc) is 2.38. The van der Waals surface area contributed by atoms with Crippen LogP contribution in [0.2, 0.25) is 5.02 Å². The third-order valence-corrected chi connectivity index (χ3v) is 3.58. The summed E-state index contributed by atoms with van der Waals surface area (Å²) in [5.74, 6) is -0.724. The van der Waals surface area contributed by atoms with E-state index in [0.717, 1.165) is 6.42 Å². The van der Waals surface area contributed by atoms with E-state index in [0.29, 0.717) is 12.0 Å². The van der Waals surface area contributed by atoms with Gasteiger partial charge < -0.3 is 10.2 Å². The number of nitrogens with zero attached hydrogens (tertiary/aromatic N) is 1. The van der Waals surface area contributed by atoms with Gasteiger partial charge in [-0.05, 0) is 24.1 Å². The number of piperazine rings is 1. The molecule has 2 amide bonds. The summed E-state index contributed by atoms with van der Waals surface area (Å²) in [5, 5.41) is 2.94. The van der Waals surface area contributed by atoms with Crippen LogP contribution in [0, 0.1) is 5.82 Å². The first kappa shape index (κ1) is 14.8. The molecule has 0 radical (unpaired) electrons. The van der Waals surface area contributed by atoms with Crippen molar-refractivity contribution in [1.82, 2.24) is 10.2 Å². The van der Waals surface area contributed by atoms with Gasteiger partial charge >= 0.3 is 0 Å². The van der Waals surface area contributed by atoms with Gasteiger partial charge in [0, 0.05) is 11.6 Å². The molecule has 2 rings (SSSR count). The number of rotatable bonds is 4. The normalized spacial score (nSPS) is 19.1. The SMILES string of the molecule is CCCC1NC(=O)CN(Cc2ccc(F)cc2Cl)C1=O. The van der Waals surface area contributed by atoms with Crippen LogP contribution in [0.15, 0.2) is 18.2 Å². The highest BCUT2D eigenvalue weighted by Crippen LogP contribution is 2.20. The first-order valence-corrected chi connectivity index (χ1v) is 6.91. The zero-order valence-electron chi connectivity index (χ0n) is 11.2. The molecule has 1 aromatic carbocycles. The molecule has 1 saturated heterocycles. The van der Waals surface area contributed by atoms with Crippen LogP contribution in [0.4, 0.5) is 4.39 Å². The van der Waals surface area contributed by atoms with Crippen LogP contribution in [-0.2, 0) is 16.1 Å². The number of amides is 2. The lowest BCUT2D eigenvalue weighted by Crippen LogP contribution is -2.57. The van der Waals surface area contributed by atoms with Crippen molar-refractivity contribution in [2.45, 2.75) is 32.4 Å². The fourth-order valence-corrected chi connectivity index (χ4v) is 2.47. The van der Waals surface area contributed by atoms with E-state index in [-0.39, 0.29) is 29.9 Å². The lowest BCUT2D eigenvalue weighted by molar-refractivity contribution is -0.145. The van der Waals surface area contributed by atoms with Crippen molar-refractivity contribution in [3.05, 3.63) is 34.6 Å². The van der Waals surface area contributed by atoms with Crippen LogP contribution in [0.25, 0.3) is 0 Å². The minimum absolute atomic E-state index is 0.00670. The maximum absolute atomic E-state index is 13.0. The Balaban J connectivity index is 2.14. The second-order valence-corrected chi connectivity index (χ2v) is 5.25. The van der Waals surface area contributed by atoms with Crippen molar-refractivity contribution in [2.75, 3.05) is 6.54 Å². The molecule has 0 bridgehead atoms. The largest absolute Gasteiger partial charge is 0.343 e. The van der Waals surface area contributed by atoms with Gasteiger partial charge in [0.2, 0.25) is 11.8 Å². The Kier molecular flexibility index (Phi) is 4.60. The second kappa shape index (κ2) is 6.22. The molecule has 1 N–H and O–H groups in total. The smallest absolute Gasteiger partial charge is 0.245 e. The fraction of sp³-hybridized carbons (Fsp3) is 0.429. The van der Waals surface area contributed by atoms with Gasteiger partial charge in [-0.25, -0.2) is 4.39 Å². The van der Waals surface area contributed by atoms with E-state index in [4.69, 9.17) is 11.6 Å². The van der Waals surface area contributed by atoms with Crippen molar-refractivity contribution in [3.8, 4) is 0 Å². The topological polar surface area (TPSA) is 49.4 Å². The molecule has 1 fully saturated rings. The van der Waals surface area contributed by atoms with Crippen molar-refractivity contribution >= 4 is 23.4 Å². The number of nitrogens with one attached hydrogen (secondary N) is 1. The molecule has 20 heavy (non-hydrogen) atoms. The zero-order chi connectivity index (χ0) is 14.7. The number of benzene rings is 1. The summed E-state index contributed by atoms with van der Waals surface area (Å²) in [6.07, 6.45) is 1.42. The van der Waals surface area contributed by atoms with Gasteiger partial charge in [0.1, 0.15) is 11.9 Å². The van der Waals surface area contributed by atoms with Gasteiger partial charge in [-0.1, -0.05) is 31.0 Å². The first-order valence-electron chi connectivity index (χ1n) is 6.53. The molecule has 1 atom stereocenters. The molecule has 0 spiro atoms. The molecule has 108 valence electrons. The molecule has 6 heteroatoms. The minimum Gasteiger partial charge on any atom is -0.343 e. The Hall–Kier alpha value is -1.62. The van der Waals surface area contributed by atoms with Crippen molar-refractivity contribution in [1.29, 1.82) is 0 Å². The number of carbonyl (C=O) groups is 2. The second-order valence-electron chi connectivity index (χ2n) is 4.84. The summed E-state index contributed by atoms with van der Waals surface area (Å²) in [5.41, 5.74) is 0.631. The van der Waals surface area contributed by atoms with Gasteiger partial charge in [-0.3, -0.25) is 9.59 Å². The van der Waals surface area contributed by atoms with Crippen molar-refractivity contribution in [2.24, 2.45) is 0 Å². The Morgan fingerprint density at radius 2 is 2.20 bits per heavy atom. The number of halogens is 2. The van der Waals surface area contributed by atoms with E-state index in [9.17, 15) is 14.0 Å². The van der Waals surface area contributed by atoms with Crippen molar-refractivity contribution in [3.63, 3.8) is 0 Å². The molecule has 0 aliphatic carbocycles. The third kappa shape index (κ3) is 3.28. The third-order valence-electron chi connectivity index (χ3n) is 3.23. The zero-order valence-corrected chi connectivity index (χ0v) is 11.9. The molecule has 0 aromatic heterocycles. The Morgan fingerprint density at radius 3 is 2.85 bits per heavy atom. The minimum atomic E-state index is -0.472. The van der Waals surface area contributed by atoms with E-state index in [1.165, 1.54) is 23.1 Å². The quantitative estimate of drug-likeness (QED) is 0.925. The lowest BCUT2D eigenvalue weighted by Gasteiger charge is -2.32. The van der Waals surface area contributed by atoms with Crippen LogP contribution in [-0.4, -0.2) is 29.3 Å². The molecular formula is C14H16ClFN2O2. The van der Waals surface area contributed by atoms with E-state index in [2.05, 4.69) is 5.32 Å². The highest BCUT2D eigenvalue weighted by Gasteiger charge is 2.32. The molecule has 0 saturated carbocycles. The number of hydrogen-bond acceptors (Lipinski definition) is 2. The predicted molar refractivity (Wildman–Crippen MR) is 73.7 cm³/mol. The molecule has 1 aliphatic rings. The Bertz CT molecular complexity index is 536. The van der Waals surface area contributed by atoms with Gasteiger partial charge in [-0.15, -0.1) is 0 Å². The van der Waals surface area contributed by atoms with E-state index in [1.54, 1.807) is 0 Å². The predicted octanol–water partition coefficient (Wildman–Crippen LogP) is 2.11. The van der Waals surface area contributed by atoms with E-state index >= 15 is 0 Å². The molecule has 1 aliphatic heterocycles. The highest BCUT2D eigenvalue weighted by molar-refractivity contribution is 6.31. The number of carbonyl (C=O) groups excluding carboxylic acids is 2.